The van der Waals surface area contributed by atoms with Crippen molar-refractivity contribution in [3.05, 3.63) is 54.4 Å². The van der Waals surface area contributed by atoms with Crippen molar-refractivity contribution in [1.29, 1.82) is 0 Å². The number of benzene rings is 2. The van der Waals surface area contributed by atoms with Gasteiger partial charge in [-0.2, -0.15) is 0 Å². The van der Waals surface area contributed by atoms with Gasteiger partial charge in [-0.25, -0.2) is 9.97 Å². The Kier molecular flexibility index (Phi) is 4.59. The summed E-state index contributed by atoms with van der Waals surface area (Å²) >= 11 is 5.50. The summed E-state index contributed by atoms with van der Waals surface area (Å²) in [5, 5.41) is 6.76. The average molecular weight is 337 g/mol. The number of carbonyl (C=O) groups excluding carboxylic acids is 1. The van der Waals surface area contributed by atoms with Crippen molar-refractivity contribution in [3.8, 4) is 12.3 Å². The molecule has 0 aliphatic heterocycles. The monoisotopic (exact) mass is 336 g/mol. The molecule has 2 N–H and O–H groups in total. The third kappa shape index (κ3) is 3.45. The van der Waals surface area contributed by atoms with Crippen LogP contribution in [0.4, 0.5) is 17.2 Å². The molecule has 118 valence electrons. The summed E-state index contributed by atoms with van der Waals surface area (Å²) in [4.78, 5) is 19.9. The lowest BCUT2D eigenvalue weighted by Crippen LogP contribution is -2.12. The third-order valence-corrected chi connectivity index (χ3v) is 3.58. The molecule has 24 heavy (non-hydrogen) atoms. The summed E-state index contributed by atoms with van der Waals surface area (Å²) in [5.41, 5.74) is 2.95. The van der Waals surface area contributed by atoms with Crippen LogP contribution in [-0.2, 0) is 4.79 Å². The van der Waals surface area contributed by atoms with E-state index < -0.39 is 0 Å². The van der Waals surface area contributed by atoms with Gasteiger partial charge in [-0.05, 0) is 36.4 Å². The fourth-order valence-corrected chi connectivity index (χ4v) is 2.32. The Bertz CT molecular complexity index is 949. The van der Waals surface area contributed by atoms with E-state index in [4.69, 9.17) is 18.0 Å². The zero-order chi connectivity index (χ0) is 16.9. The number of hydrogen-bond donors (Lipinski definition) is 2. The molecule has 6 heteroatoms. The van der Waals surface area contributed by atoms with Crippen LogP contribution in [-0.4, -0.2) is 21.8 Å². The van der Waals surface area contributed by atoms with E-state index >= 15 is 0 Å². The van der Waals surface area contributed by atoms with Gasteiger partial charge in [0.25, 0.3) is 0 Å². The molecular weight excluding hydrogens is 324 g/mol. The van der Waals surface area contributed by atoms with Gasteiger partial charge in [0.2, 0.25) is 5.91 Å². The molecule has 0 unspecified atom stereocenters. The van der Waals surface area contributed by atoms with Crippen LogP contribution >= 0.6 is 11.6 Å². The number of rotatable bonds is 4. The fraction of sp³-hybridized carbons (Fsp3) is 0.0556. The van der Waals surface area contributed by atoms with Crippen LogP contribution in [0.25, 0.3) is 10.9 Å². The Morgan fingerprint density at radius 1 is 1.17 bits per heavy atom. The van der Waals surface area contributed by atoms with Gasteiger partial charge in [0.1, 0.15) is 18.0 Å². The van der Waals surface area contributed by atoms with Crippen LogP contribution in [0.3, 0.4) is 0 Å². The second-order valence-corrected chi connectivity index (χ2v) is 5.25. The summed E-state index contributed by atoms with van der Waals surface area (Å²) in [6.45, 7) is 0. The summed E-state index contributed by atoms with van der Waals surface area (Å²) in [6.07, 6.45) is 6.88. The maximum Gasteiger partial charge on any atom is 0.239 e. The Morgan fingerprint density at radius 3 is 2.83 bits per heavy atom. The predicted molar refractivity (Wildman–Crippen MR) is 96.5 cm³/mol. The van der Waals surface area contributed by atoms with Crippen molar-refractivity contribution in [1.82, 2.24) is 9.97 Å². The SMILES string of the molecule is C#Cc1cccc(Nc2ncnc3cc(NC(=O)CCl)ccc23)c1. The Hall–Kier alpha value is -3.10. The van der Waals surface area contributed by atoms with Crippen LogP contribution in [0, 0.1) is 12.3 Å². The number of hydrogen-bond acceptors (Lipinski definition) is 4. The van der Waals surface area contributed by atoms with Crippen molar-refractivity contribution in [2.24, 2.45) is 0 Å². The molecule has 0 aliphatic rings. The first-order valence-corrected chi connectivity index (χ1v) is 7.67. The third-order valence-electron chi connectivity index (χ3n) is 3.33. The van der Waals surface area contributed by atoms with E-state index in [-0.39, 0.29) is 11.8 Å². The van der Waals surface area contributed by atoms with Crippen LogP contribution in [0.1, 0.15) is 5.56 Å². The topological polar surface area (TPSA) is 66.9 Å². The Morgan fingerprint density at radius 2 is 2.04 bits per heavy atom. The number of alkyl halides is 1. The summed E-state index contributed by atoms with van der Waals surface area (Å²) in [6, 6.07) is 12.9. The van der Waals surface area contributed by atoms with Crippen LogP contribution < -0.4 is 10.6 Å². The number of fused-ring (bicyclic) bond motifs is 1. The second kappa shape index (κ2) is 6.99. The summed E-state index contributed by atoms with van der Waals surface area (Å²) < 4.78 is 0. The molecule has 0 aliphatic carbocycles. The Balaban J connectivity index is 1.94. The smallest absolute Gasteiger partial charge is 0.239 e. The van der Waals surface area contributed by atoms with Gasteiger partial charge in [-0.1, -0.05) is 12.0 Å². The van der Waals surface area contributed by atoms with Crippen molar-refractivity contribution >= 4 is 45.6 Å². The molecule has 0 bridgehead atoms. The maximum absolute atomic E-state index is 11.4. The summed E-state index contributed by atoms with van der Waals surface area (Å²) in [5.74, 6) is 2.89. The lowest BCUT2D eigenvalue weighted by Gasteiger charge is -2.10. The molecular formula is C18H13ClN4O. The lowest BCUT2D eigenvalue weighted by molar-refractivity contribution is -0.113. The number of carbonyl (C=O) groups is 1. The highest BCUT2D eigenvalue weighted by atomic mass is 35.5. The maximum atomic E-state index is 11.4. The first-order valence-electron chi connectivity index (χ1n) is 7.14. The van der Waals surface area contributed by atoms with Crippen molar-refractivity contribution in [3.63, 3.8) is 0 Å². The van der Waals surface area contributed by atoms with Crippen molar-refractivity contribution in [2.75, 3.05) is 16.5 Å². The van der Waals surface area contributed by atoms with E-state index in [2.05, 4.69) is 26.5 Å². The van der Waals surface area contributed by atoms with Gasteiger partial charge in [0, 0.05) is 22.3 Å². The van der Waals surface area contributed by atoms with Crippen LogP contribution in [0.5, 0.6) is 0 Å². The number of nitrogens with zero attached hydrogens (tertiary/aromatic N) is 2. The largest absolute Gasteiger partial charge is 0.340 e. The minimum atomic E-state index is -0.269. The van der Waals surface area contributed by atoms with E-state index in [0.717, 1.165) is 16.6 Å². The number of amides is 1. The first kappa shape index (κ1) is 15.8. The van der Waals surface area contributed by atoms with E-state index in [1.807, 2.05) is 30.3 Å². The lowest BCUT2D eigenvalue weighted by atomic mass is 10.2. The van der Waals surface area contributed by atoms with Gasteiger partial charge in [-0.15, -0.1) is 18.0 Å². The normalized spacial score (nSPS) is 10.2. The van der Waals surface area contributed by atoms with Crippen LogP contribution in [0.2, 0.25) is 0 Å². The van der Waals surface area contributed by atoms with E-state index in [0.29, 0.717) is 17.0 Å². The minimum absolute atomic E-state index is 0.0971. The molecule has 2 aromatic carbocycles. The number of nitrogens with one attached hydrogen (secondary N) is 2. The highest BCUT2D eigenvalue weighted by Crippen LogP contribution is 2.25. The molecule has 0 saturated carbocycles. The number of anilines is 3. The van der Waals surface area contributed by atoms with Gasteiger partial charge < -0.3 is 10.6 Å². The standard InChI is InChI=1S/C18H13ClN4O/c1-2-12-4-3-5-13(8-12)23-18-15-7-6-14(22-17(24)10-19)9-16(15)20-11-21-18/h1,3-9,11H,10H2,(H,22,24)(H,20,21,23). The van der Waals surface area contributed by atoms with Gasteiger partial charge in [0.05, 0.1) is 5.52 Å². The van der Waals surface area contributed by atoms with E-state index in [1.54, 1.807) is 12.1 Å². The summed E-state index contributed by atoms with van der Waals surface area (Å²) in [7, 11) is 0. The van der Waals surface area contributed by atoms with Gasteiger partial charge >= 0.3 is 0 Å². The quantitative estimate of drug-likeness (QED) is 0.565. The van der Waals surface area contributed by atoms with Crippen LogP contribution in [0.15, 0.2) is 48.8 Å². The molecule has 0 spiro atoms. The average Bonchev–Trinajstić information content (AvgIpc) is 2.62. The molecule has 3 rings (SSSR count). The molecule has 1 aromatic heterocycles. The zero-order valence-corrected chi connectivity index (χ0v) is 13.3. The molecule has 0 fully saturated rings. The minimum Gasteiger partial charge on any atom is -0.340 e. The highest BCUT2D eigenvalue weighted by Gasteiger charge is 2.07. The molecule has 1 heterocycles. The number of aromatic nitrogens is 2. The predicted octanol–water partition coefficient (Wildman–Crippen LogP) is 3.53. The molecule has 0 atom stereocenters. The zero-order valence-electron chi connectivity index (χ0n) is 12.6. The molecule has 5 nitrogen and oxygen atoms in total. The molecule has 0 radical (unpaired) electrons. The van der Waals surface area contributed by atoms with E-state index in [1.165, 1.54) is 6.33 Å². The molecule has 0 saturated heterocycles. The first-order chi connectivity index (χ1) is 11.7. The van der Waals surface area contributed by atoms with Gasteiger partial charge in [-0.3, -0.25) is 4.79 Å². The number of terminal acetylenes is 1. The molecule has 3 aromatic rings. The van der Waals surface area contributed by atoms with E-state index in [9.17, 15) is 4.79 Å². The molecule has 1 amide bonds. The van der Waals surface area contributed by atoms with Crippen molar-refractivity contribution < 1.29 is 4.79 Å². The van der Waals surface area contributed by atoms with Crippen molar-refractivity contribution in [2.45, 2.75) is 0 Å². The number of halogens is 1. The second-order valence-electron chi connectivity index (χ2n) is 4.99. The fourth-order valence-electron chi connectivity index (χ4n) is 2.25. The van der Waals surface area contributed by atoms with Gasteiger partial charge in [0.15, 0.2) is 0 Å². The highest BCUT2D eigenvalue weighted by molar-refractivity contribution is 6.29. The Labute approximate surface area is 144 Å².